The van der Waals surface area contributed by atoms with Crippen molar-refractivity contribution in [3.8, 4) is 0 Å². The normalized spacial score (nSPS) is 27.5. The summed E-state index contributed by atoms with van der Waals surface area (Å²) in [6, 6.07) is 0. The highest BCUT2D eigenvalue weighted by molar-refractivity contribution is 6.42. The van der Waals surface area contributed by atoms with Crippen LogP contribution in [0.2, 0.25) is 0 Å². The lowest BCUT2D eigenvalue weighted by Gasteiger charge is -1.94. The van der Waals surface area contributed by atoms with Gasteiger partial charge in [-0.15, -0.1) is 0 Å². The van der Waals surface area contributed by atoms with Gasteiger partial charge in [0.2, 0.25) is 0 Å². The zero-order chi connectivity index (χ0) is 6.15. The van der Waals surface area contributed by atoms with Crippen LogP contribution < -0.4 is 5.32 Å². The summed E-state index contributed by atoms with van der Waals surface area (Å²) in [6.45, 7) is 0. The summed E-state index contributed by atoms with van der Waals surface area (Å²) in [6.07, 6.45) is 0.346. The third kappa shape index (κ3) is 0.827. The number of nitrogens with one attached hydrogen (secondary N) is 1. The van der Waals surface area contributed by atoms with Crippen LogP contribution in [0.25, 0.3) is 0 Å². The monoisotopic (exact) mass is 133 g/mol. The quantitative estimate of drug-likeness (QED) is 0.471. The average Bonchev–Trinajstić information content (AvgIpc) is 1.85. The Hall–Kier alpha value is -0.540. The number of hydrogen-bond acceptors (Lipinski definition) is 2. The van der Waals surface area contributed by atoms with Crippen LogP contribution in [0, 0.1) is 0 Å². The maximum absolute atomic E-state index is 10.3. The van der Waals surface area contributed by atoms with Crippen LogP contribution >= 0.6 is 11.6 Å². The van der Waals surface area contributed by atoms with Gasteiger partial charge in [0.25, 0.3) is 5.91 Å². The first-order valence-corrected chi connectivity index (χ1v) is 2.44. The van der Waals surface area contributed by atoms with Crippen molar-refractivity contribution >= 4 is 17.5 Å². The van der Waals surface area contributed by atoms with Crippen molar-refractivity contribution in [3.05, 3.63) is 11.1 Å². The maximum Gasteiger partial charge on any atom is 0.264 e. The first kappa shape index (κ1) is 5.59. The van der Waals surface area contributed by atoms with E-state index in [0.29, 0.717) is 0 Å². The van der Waals surface area contributed by atoms with Gasteiger partial charge in [-0.3, -0.25) is 4.79 Å². The number of hydrogen-bond donors (Lipinski definition) is 2. The lowest BCUT2D eigenvalue weighted by molar-refractivity contribution is -0.117. The zero-order valence-corrected chi connectivity index (χ0v) is 4.64. The Bertz CT molecular complexity index is 154. The van der Waals surface area contributed by atoms with Crippen LogP contribution in [-0.2, 0) is 4.79 Å². The fourth-order valence-corrected chi connectivity index (χ4v) is 0.633. The van der Waals surface area contributed by atoms with E-state index < -0.39 is 12.1 Å². The summed E-state index contributed by atoms with van der Waals surface area (Å²) in [5.41, 5.74) is 0. The second-order valence-electron chi connectivity index (χ2n) is 1.43. The van der Waals surface area contributed by atoms with Crippen LogP contribution in [-0.4, -0.2) is 17.2 Å². The number of rotatable bonds is 0. The van der Waals surface area contributed by atoms with Gasteiger partial charge in [0.15, 0.2) is 0 Å². The summed E-state index contributed by atoms with van der Waals surface area (Å²) in [7, 11) is 0. The molecule has 0 saturated carbocycles. The van der Waals surface area contributed by atoms with E-state index in [1.165, 1.54) is 6.08 Å². The minimum atomic E-state index is -0.894. The van der Waals surface area contributed by atoms with Crippen molar-refractivity contribution in [2.45, 2.75) is 6.23 Å². The smallest absolute Gasteiger partial charge is 0.264 e. The molecule has 1 aliphatic rings. The van der Waals surface area contributed by atoms with Gasteiger partial charge in [-0.2, -0.15) is 0 Å². The third-order valence-corrected chi connectivity index (χ3v) is 1.10. The molecule has 0 spiro atoms. The topological polar surface area (TPSA) is 49.3 Å². The van der Waals surface area contributed by atoms with Crippen LogP contribution in [0.1, 0.15) is 0 Å². The van der Waals surface area contributed by atoms with Gasteiger partial charge in [-0.05, 0) is 6.08 Å². The molecule has 1 unspecified atom stereocenters. The van der Waals surface area contributed by atoms with E-state index in [2.05, 4.69) is 5.32 Å². The maximum atomic E-state index is 10.3. The first-order valence-electron chi connectivity index (χ1n) is 2.06. The van der Waals surface area contributed by atoms with Crippen molar-refractivity contribution in [3.63, 3.8) is 0 Å². The molecule has 1 heterocycles. The zero-order valence-electron chi connectivity index (χ0n) is 3.89. The molecule has 0 aromatic heterocycles. The molecule has 1 aliphatic heterocycles. The molecule has 0 bridgehead atoms. The number of carbonyl (C=O) groups excluding carboxylic acids is 1. The van der Waals surface area contributed by atoms with Crippen LogP contribution in [0.5, 0.6) is 0 Å². The molecule has 4 heteroatoms. The Labute approximate surface area is 50.9 Å². The highest BCUT2D eigenvalue weighted by Crippen LogP contribution is 2.08. The predicted molar refractivity (Wildman–Crippen MR) is 28.1 cm³/mol. The van der Waals surface area contributed by atoms with E-state index in [1.54, 1.807) is 0 Å². The molecule has 1 rings (SSSR count). The van der Waals surface area contributed by atoms with E-state index in [0.717, 1.165) is 0 Å². The molecule has 44 valence electrons. The SMILES string of the molecule is O=C1NC(O)C=C1Cl. The van der Waals surface area contributed by atoms with Crippen LogP contribution in [0.3, 0.4) is 0 Å². The molecule has 3 nitrogen and oxygen atoms in total. The molecule has 0 saturated heterocycles. The minimum absolute atomic E-state index is 0.0532. The van der Waals surface area contributed by atoms with E-state index in [9.17, 15) is 4.79 Å². The van der Waals surface area contributed by atoms with Crippen molar-refractivity contribution < 1.29 is 9.90 Å². The van der Waals surface area contributed by atoms with Crippen molar-refractivity contribution in [2.75, 3.05) is 0 Å². The molecule has 8 heavy (non-hydrogen) atoms. The van der Waals surface area contributed by atoms with Gasteiger partial charge in [0, 0.05) is 0 Å². The summed E-state index contributed by atoms with van der Waals surface area (Å²) >= 11 is 5.25. The predicted octanol–water partition coefficient (Wildman–Crippen LogP) is -0.443. The molecule has 1 amide bonds. The van der Waals surface area contributed by atoms with Crippen molar-refractivity contribution in [2.24, 2.45) is 0 Å². The van der Waals surface area contributed by atoms with Crippen molar-refractivity contribution in [1.29, 1.82) is 0 Å². The fraction of sp³-hybridized carbons (Fsp3) is 0.250. The Kier molecular flexibility index (Phi) is 1.23. The van der Waals surface area contributed by atoms with Crippen molar-refractivity contribution in [1.82, 2.24) is 5.32 Å². The number of aliphatic hydroxyl groups is 1. The largest absolute Gasteiger partial charge is 0.370 e. The minimum Gasteiger partial charge on any atom is -0.370 e. The Balaban J connectivity index is 2.73. The highest BCUT2D eigenvalue weighted by atomic mass is 35.5. The Morgan fingerprint density at radius 3 is 2.62 bits per heavy atom. The third-order valence-electron chi connectivity index (χ3n) is 0.800. The molecule has 1 atom stereocenters. The lowest BCUT2D eigenvalue weighted by Crippen LogP contribution is -2.25. The van der Waals surface area contributed by atoms with Gasteiger partial charge in [-0.25, -0.2) is 0 Å². The molecule has 0 aliphatic carbocycles. The molecular formula is C4H4ClNO2. The Morgan fingerprint density at radius 1 is 1.88 bits per heavy atom. The first-order chi connectivity index (χ1) is 3.70. The Morgan fingerprint density at radius 2 is 2.50 bits per heavy atom. The fourth-order valence-electron chi connectivity index (χ4n) is 0.459. The average molecular weight is 134 g/mol. The van der Waals surface area contributed by atoms with E-state index >= 15 is 0 Å². The van der Waals surface area contributed by atoms with Gasteiger partial charge in [0.1, 0.15) is 11.3 Å². The van der Waals surface area contributed by atoms with E-state index in [-0.39, 0.29) is 5.03 Å². The second kappa shape index (κ2) is 1.76. The summed E-state index contributed by atoms with van der Waals surface area (Å²) < 4.78 is 0. The number of aliphatic hydroxyl groups excluding tert-OH is 1. The molecule has 0 aromatic carbocycles. The lowest BCUT2D eigenvalue weighted by atomic mass is 10.5. The standard InChI is InChI=1S/C4H4ClNO2/c5-2-1-3(7)6-4(2)8/h1,3,7H,(H,6,8). The van der Waals surface area contributed by atoms with Crippen LogP contribution in [0.15, 0.2) is 11.1 Å². The molecule has 0 aromatic rings. The van der Waals surface area contributed by atoms with Gasteiger partial charge in [0.05, 0.1) is 0 Å². The van der Waals surface area contributed by atoms with E-state index in [1.807, 2.05) is 0 Å². The molecular weight excluding hydrogens is 130 g/mol. The van der Waals surface area contributed by atoms with Gasteiger partial charge in [-0.1, -0.05) is 11.6 Å². The molecule has 0 radical (unpaired) electrons. The summed E-state index contributed by atoms with van der Waals surface area (Å²) in [5, 5.41) is 10.8. The molecule has 0 fully saturated rings. The van der Waals surface area contributed by atoms with E-state index in [4.69, 9.17) is 16.7 Å². The number of amides is 1. The van der Waals surface area contributed by atoms with Gasteiger partial charge < -0.3 is 10.4 Å². The summed E-state index contributed by atoms with van der Waals surface area (Å²) in [4.78, 5) is 10.3. The molecule has 2 N–H and O–H groups in total. The summed E-state index contributed by atoms with van der Waals surface area (Å²) in [5.74, 6) is -0.417. The van der Waals surface area contributed by atoms with Gasteiger partial charge >= 0.3 is 0 Å². The van der Waals surface area contributed by atoms with Crippen LogP contribution in [0.4, 0.5) is 0 Å². The number of carbonyl (C=O) groups is 1. The second-order valence-corrected chi connectivity index (χ2v) is 1.84. The number of halogens is 1. The highest BCUT2D eigenvalue weighted by Gasteiger charge is 2.17.